The van der Waals surface area contributed by atoms with Crippen molar-refractivity contribution in [3.8, 4) is 0 Å². The van der Waals surface area contributed by atoms with Crippen LogP contribution >= 0.6 is 49.7 Å². The second-order valence-electron chi connectivity index (χ2n) is 1.62. The molecule has 2 N–H and O–H groups in total. The van der Waals surface area contributed by atoms with Crippen molar-refractivity contribution in [2.45, 2.75) is 13.1 Å². The molecule has 0 saturated carbocycles. The van der Waals surface area contributed by atoms with E-state index < -0.39 is 0 Å². The quantitative estimate of drug-likeness (QED) is 0.259. The van der Waals surface area contributed by atoms with E-state index in [2.05, 4.69) is 60.3 Å². The first-order valence-electron chi connectivity index (χ1n) is 2.51. The van der Waals surface area contributed by atoms with Crippen molar-refractivity contribution in [1.29, 1.82) is 0 Å². The minimum Gasteiger partial charge on any atom is -0.352 e. The van der Waals surface area contributed by atoms with E-state index in [-0.39, 0.29) is 23.2 Å². The first-order valence-corrected chi connectivity index (χ1v) is 4.22. The van der Waals surface area contributed by atoms with Crippen molar-refractivity contribution < 1.29 is 17.1 Å². The third-order valence-electron chi connectivity index (χ3n) is 0.680. The van der Waals surface area contributed by atoms with Crippen LogP contribution in [0.4, 0.5) is 0 Å². The zero-order valence-electron chi connectivity index (χ0n) is 5.67. The van der Waals surface area contributed by atoms with Crippen molar-refractivity contribution in [3.63, 3.8) is 0 Å². The van der Waals surface area contributed by atoms with Gasteiger partial charge in [-0.3, -0.25) is 0 Å². The summed E-state index contributed by atoms with van der Waals surface area (Å²) in [6.45, 7) is 1.87. The smallest absolute Gasteiger partial charge is 0.132 e. The first kappa shape index (κ1) is 14.5. The standard InChI is InChI=1S/C4H8N2S4.Mn/c1-2(5-3(7)8)6-4(9)10;/h2H,1H3,(H2,5,7,8)(H2,6,9,10);. The Bertz CT molecular complexity index is 135. The molecule has 0 rings (SSSR count). The SMILES string of the molecule is CC(NC(=S)S)NC(=S)S.[Mn]. The summed E-state index contributed by atoms with van der Waals surface area (Å²) in [6.07, 6.45) is -0.0185. The van der Waals surface area contributed by atoms with Crippen LogP contribution in [0.15, 0.2) is 0 Å². The zero-order valence-corrected chi connectivity index (χ0v) is 10.3. The Kier molecular flexibility index (Phi) is 10.1. The molecule has 0 spiro atoms. The van der Waals surface area contributed by atoms with Gasteiger partial charge in [-0.05, 0) is 6.92 Å². The van der Waals surface area contributed by atoms with Gasteiger partial charge in [-0.15, -0.1) is 25.3 Å². The zero-order chi connectivity index (χ0) is 8.15. The normalized spacial score (nSPS) is 8.36. The number of thiol groups is 2. The van der Waals surface area contributed by atoms with Gasteiger partial charge in [0.15, 0.2) is 0 Å². The van der Waals surface area contributed by atoms with Crippen molar-refractivity contribution in [2.75, 3.05) is 0 Å². The molecule has 65 valence electrons. The maximum atomic E-state index is 4.67. The monoisotopic (exact) mass is 267 g/mol. The fourth-order valence-corrected chi connectivity index (χ4v) is 1.15. The summed E-state index contributed by atoms with van der Waals surface area (Å²) in [7, 11) is 0. The summed E-state index contributed by atoms with van der Waals surface area (Å²) in [5, 5.41) is 5.64. The molecule has 0 saturated heterocycles. The van der Waals surface area contributed by atoms with Gasteiger partial charge in [0.25, 0.3) is 0 Å². The number of hydrogen-bond acceptors (Lipinski definition) is 2. The molecule has 0 aromatic heterocycles. The van der Waals surface area contributed by atoms with Gasteiger partial charge in [0, 0.05) is 17.1 Å². The second-order valence-corrected chi connectivity index (χ2v) is 3.94. The van der Waals surface area contributed by atoms with E-state index in [1.165, 1.54) is 0 Å². The Hall–Kier alpha value is 0.999. The number of thiocarbonyl (C=S) groups is 2. The predicted molar refractivity (Wildman–Crippen MR) is 58.9 cm³/mol. The maximum Gasteiger partial charge on any atom is 0.132 e. The summed E-state index contributed by atoms with van der Waals surface area (Å²) >= 11 is 17.1. The molecule has 0 aromatic carbocycles. The Labute approximate surface area is 98.6 Å². The van der Waals surface area contributed by atoms with Crippen LogP contribution in [0.25, 0.3) is 0 Å². The number of nitrogens with one attached hydrogen (secondary N) is 2. The van der Waals surface area contributed by atoms with Crippen LogP contribution < -0.4 is 10.6 Å². The Balaban J connectivity index is 0. The molecule has 1 radical (unpaired) electrons. The summed E-state index contributed by atoms with van der Waals surface area (Å²) in [6, 6.07) is 0. The van der Waals surface area contributed by atoms with Crippen molar-refractivity contribution in [1.82, 2.24) is 10.6 Å². The molecule has 0 aliphatic heterocycles. The Morgan fingerprint density at radius 1 is 1.18 bits per heavy atom. The van der Waals surface area contributed by atoms with E-state index in [1.54, 1.807) is 0 Å². The van der Waals surface area contributed by atoms with Crippen molar-refractivity contribution in [2.24, 2.45) is 0 Å². The average Bonchev–Trinajstić information content (AvgIpc) is 1.58. The van der Waals surface area contributed by atoms with E-state index in [9.17, 15) is 0 Å². The molecule has 0 aliphatic rings. The molecule has 0 bridgehead atoms. The van der Waals surface area contributed by atoms with Gasteiger partial charge >= 0.3 is 0 Å². The fourth-order valence-electron chi connectivity index (χ4n) is 0.407. The predicted octanol–water partition coefficient (Wildman–Crippen LogP) is 0.938. The van der Waals surface area contributed by atoms with E-state index in [4.69, 9.17) is 0 Å². The van der Waals surface area contributed by atoms with Crippen LogP contribution in [-0.2, 0) is 17.1 Å². The van der Waals surface area contributed by atoms with Gasteiger partial charge in [0.1, 0.15) is 8.64 Å². The minimum absolute atomic E-state index is 0. The topological polar surface area (TPSA) is 24.1 Å². The molecule has 2 nitrogen and oxygen atoms in total. The van der Waals surface area contributed by atoms with Crippen LogP contribution in [-0.4, -0.2) is 14.8 Å². The van der Waals surface area contributed by atoms with E-state index in [1.807, 2.05) is 6.92 Å². The minimum atomic E-state index is -0.0185. The molecule has 0 unspecified atom stereocenters. The van der Waals surface area contributed by atoms with Gasteiger partial charge in [0.2, 0.25) is 0 Å². The molecule has 0 amide bonds. The van der Waals surface area contributed by atoms with Crippen LogP contribution in [0.3, 0.4) is 0 Å². The van der Waals surface area contributed by atoms with Crippen LogP contribution in [0.1, 0.15) is 6.92 Å². The Morgan fingerprint density at radius 2 is 1.45 bits per heavy atom. The number of hydrogen-bond donors (Lipinski definition) is 4. The second kappa shape index (κ2) is 7.64. The van der Waals surface area contributed by atoms with Crippen molar-refractivity contribution >= 4 is 58.3 Å². The van der Waals surface area contributed by atoms with E-state index in [0.29, 0.717) is 8.64 Å². The van der Waals surface area contributed by atoms with Crippen molar-refractivity contribution in [3.05, 3.63) is 0 Å². The first-order chi connectivity index (χ1) is 4.52. The molecule has 0 atom stereocenters. The summed E-state index contributed by atoms with van der Waals surface area (Å²) in [5.41, 5.74) is 0. The maximum absolute atomic E-state index is 4.67. The summed E-state index contributed by atoms with van der Waals surface area (Å²) in [5.74, 6) is 0. The molecule has 0 heterocycles. The molecular weight excluding hydrogens is 259 g/mol. The van der Waals surface area contributed by atoms with E-state index >= 15 is 0 Å². The molecule has 0 aromatic rings. The summed E-state index contributed by atoms with van der Waals surface area (Å²) in [4.78, 5) is 0. The van der Waals surface area contributed by atoms with E-state index in [0.717, 1.165) is 0 Å². The van der Waals surface area contributed by atoms with Gasteiger partial charge < -0.3 is 10.6 Å². The van der Waals surface area contributed by atoms with Gasteiger partial charge in [0.05, 0.1) is 6.17 Å². The number of rotatable bonds is 2. The average molecular weight is 267 g/mol. The van der Waals surface area contributed by atoms with Crippen LogP contribution in [0, 0.1) is 0 Å². The largest absolute Gasteiger partial charge is 0.352 e. The molecule has 0 aliphatic carbocycles. The third kappa shape index (κ3) is 11.0. The Morgan fingerprint density at radius 3 is 1.64 bits per heavy atom. The summed E-state index contributed by atoms with van der Waals surface area (Å²) < 4.78 is 0.870. The van der Waals surface area contributed by atoms with Crippen LogP contribution in [0.5, 0.6) is 0 Å². The van der Waals surface area contributed by atoms with Gasteiger partial charge in [-0.25, -0.2) is 0 Å². The van der Waals surface area contributed by atoms with Gasteiger partial charge in [-0.2, -0.15) is 0 Å². The van der Waals surface area contributed by atoms with Gasteiger partial charge in [-0.1, -0.05) is 24.4 Å². The van der Waals surface area contributed by atoms with Crippen LogP contribution in [0.2, 0.25) is 0 Å². The molecular formula is C4H8MnN2S4. The molecule has 11 heavy (non-hydrogen) atoms. The molecule has 7 heteroatoms. The fraction of sp³-hybridized carbons (Fsp3) is 0.500. The molecule has 0 fully saturated rings. The third-order valence-corrected chi connectivity index (χ3v) is 1.17.